The number of ketones is 1. The number of hydrogen-bond acceptors (Lipinski definition) is 1. The molecule has 0 aliphatic rings. The number of benzene rings is 2. The van der Waals surface area contributed by atoms with E-state index in [1.54, 1.807) is 6.08 Å². The SMILES string of the molecule is Cc1ccc(C(=O)/C=C/c2cc(C)n(-c3ccc(C)c(Br)c3)c2C)cc1. The highest BCUT2D eigenvalue weighted by atomic mass is 79.9. The van der Waals surface area contributed by atoms with Gasteiger partial charge in [0.15, 0.2) is 5.78 Å². The van der Waals surface area contributed by atoms with Gasteiger partial charge in [-0.25, -0.2) is 0 Å². The molecule has 0 saturated heterocycles. The highest BCUT2D eigenvalue weighted by Gasteiger charge is 2.10. The fourth-order valence-corrected chi connectivity index (χ4v) is 3.42. The fourth-order valence-electron chi connectivity index (χ4n) is 3.05. The van der Waals surface area contributed by atoms with Crippen LogP contribution in [0.3, 0.4) is 0 Å². The van der Waals surface area contributed by atoms with Gasteiger partial charge in [0, 0.05) is 27.1 Å². The van der Waals surface area contributed by atoms with E-state index in [4.69, 9.17) is 0 Å². The molecule has 0 unspecified atom stereocenters. The molecule has 0 saturated carbocycles. The van der Waals surface area contributed by atoms with Crippen molar-refractivity contribution < 1.29 is 4.79 Å². The Morgan fingerprint density at radius 1 is 0.962 bits per heavy atom. The van der Waals surface area contributed by atoms with Crippen LogP contribution in [-0.4, -0.2) is 10.4 Å². The molecular weight excluding hydrogens is 386 g/mol. The van der Waals surface area contributed by atoms with Crippen LogP contribution in [0.25, 0.3) is 11.8 Å². The second kappa shape index (κ2) is 7.46. The monoisotopic (exact) mass is 407 g/mol. The maximum atomic E-state index is 12.4. The van der Waals surface area contributed by atoms with Crippen LogP contribution >= 0.6 is 15.9 Å². The quantitative estimate of drug-likeness (QED) is 0.363. The Balaban J connectivity index is 1.91. The normalized spacial score (nSPS) is 11.3. The number of carbonyl (C=O) groups is 1. The zero-order valence-corrected chi connectivity index (χ0v) is 17.1. The molecule has 0 bridgehead atoms. The third-order valence-electron chi connectivity index (χ3n) is 4.63. The van der Waals surface area contributed by atoms with Crippen molar-refractivity contribution in [1.82, 2.24) is 4.57 Å². The van der Waals surface area contributed by atoms with Crippen molar-refractivity contribution in [1.29, 1.82) is 0 Å². The average molecular weight is 408 g/mol. The molecule has 132 valence electrons. The van der Waals surface area contributed by atoms with Crippen molar-refractivity contribution >= 4 is 27.8 Å². The van der Waals surface area contributed by atoms with Gasteiger partial charge in [-0.2, -0.15) is 0 Å². The van der Waals surface area contributed by atoms with Crippen LogP contribution in [0.2, 0.25) is 0 Å². The molecule has 26 heavy (non-hydrogen) atoms. The van der Waals surface area contributed by atoms with Gasteiger partial charge in [0.05, 0.1) is 0 Å². The van der Waals surface area contributed by atoms with Crippen LogP contribution in [0.15, 0.2) is 59.1 Å². The van der Waals surface area contributed by atoms with E-state index in [0.29, 0.717) is 5.56 Å². The molecule has 3 aromatic rings. The van der Waals surface area contributed by atoms with Crippen molar-refractivity contribution in [3.63, 3.8) is 0 Å². The van der Waals surface area contributed by atoms with Crippen LogP contribution in [0.1, 0.15) is 38.4 Å². The molecule has 0 radical (unpaired) electrons. The van der Waals surface area contributed by atoms with E-state index in [0.717, 1.165) is 32.7 Å². The van der Waals surface area contributed by atoms with E-state index in [1.807, 2.05) is 37.3 Å². The number of aryl methyl sites for hydroxylation is 3. The van der Waals surface area contributed by atoms with Gasteiger partial charge in [0.1, 0.15) is 0 Å². The Kier molecular flexibility index (Phi) is 5.28. The maximum Gasteiger partial charge on any atom is 0.185 e. The number of carbonyl (C=O) groups excluding carboxylic acids is 1. The fraction of sp³-hybridized carbons (Fsp3) is 0.174. The van der Waals surface area contributed by atoms with Gasteiger partial charge in [-0.3, -0.25) is 4.79 Å². The first-order valence-electron chi connectivity index (χ1n) is 8.61. The summed E-state index contributed by atoms with van der Waals surface area (Å²) in [6.07, 6.45) is 3.56. The van der Waals surface area contributed by atoms with Gasteiger partial charge in [0.2, 0.25) is 0 Å². The topological polar surface area (TPSA) is 22.0 Å². The first-order chi connectivity index (χ1) is 12.4. The van der Waals surface area contributed by atoms with Gasteiger partial charge in [-0.1, -0.05) is 51.8 Å². The summed E-state index contributed by atoms with van der Waals surface area (Å²) in [4.78, 5) is 12.4. The number of rotatable bonds is 4. The molecule has 0 fully saturated rings. The van der Waals surface area contributed by atoms with Crippen molar-refractivity contribution in [3.8, 4) is 5.69 Å². The minimum atomic E-state index is 0.0212. The lowest BCUT2D eigenvalue weighted by atomic mass is 10.1. The number of nitrogens with zero attached hydrogens (tertiary/aromatic N) is 1. The van der Waals surface area contributed by atoms with Crippen LogP contribution in [-0.2, 0) is 0 Å². The Hall–Kier alpha value is -2.39. The Labute approximate surface area is 163 Å². The van der Waals surface area contributed by atoms with Crippen molar-refractivity contribution in [3.05, 3.63) is 92.7 Å². The predicted octanol–water partition coefficient (Wildman–Crippen LogP) is 6.37. The molecule has 0 atom stereocenters. The molecule has 0 amide bonds. The van der Waals surface area contributed by atoms with E-state index in [9.17, 15) is 4.79 Å². The Bertz CT molecular complexity index is 994. The van der Waals surface area contributed by atoms with Crippen molar-refractivity contribution in [2.75, 3.05) is 0 Å². The van der Waals surface area contributed by atoms with Gasteiger partial charge in [-0.05, 0) is 69.2 Å². The van der Waals surface area contributed by atoms with Crippen molar-refractivity contribution in [2.24, 2.45) is 0 Å². The molecule has 0 aliphatic carbocycles. The zero-order valence-electron chi connectivity index (χ0n) is 15.5. The van der Waals surface area contributed by atoms with Crippen LogP contribution in [0.5, 0.6) is 0 Å². The van der Waals surface area contributed by atoms with Gasteiger partial charge in [-0.15, -0.1) is 0 Å². The van der Waals surface area contributed by atoms with E-state index < -0.39 is 0 Å². The number of aromatic nitrogens is 1. The summed E-state index contributed by atoms with van der Waals surface area (Å²) in [5.74, 6) is 0.0212. The summed E-state index contributed by atoms with van der Waals surface area (Å²) >= 11 is 3.61. The Morgan fingerprint density at radius 3 is 2.31 bits per heavy atom. The molecule has 1 aromatic heterocycles. The largest absolute Gasteiger partial charge is 0.318 e. The number of allylic oxidation sites excluding steroid dienone is 1. The maximum absolute atomic E-state index is 12.4. The molecular formula is C23H22BrNO. The van der Waals surface area contributed by atoms with Gasteiger partial charge >= 0.3 is 0 Å². The average Bonchev–Trinajstić information content (AvgIpc) is 2.90. The summed E-state index contributed by atoms with van der Waals surface area (Å²) in [7, 11) is 0. The number of hydrogen-bond donors (Lipinski definition) is 0. The summed E-state index contributed by atoms with van der Waals surface area (Å²) in [6.45, 7) is 8.26. The summed E-state index contributed by atoms with van der Waals surface area (Å²) in [5.41, 5.74) is 7.50. The van der Waals surface area contributed by atoms with Crippen LogP contribution < -0.4 is 0 Å². The molecule has 2 nitrogen and oxygen atoms in total. The van der Waals surface area contributed by atoms with Crippen LogP contribution in [0, 0.1) is 27.7 Å². The predicted molar refractivity (Wildman–Crippen MR) is 112 cm³/mol. The number of halogens is 1. The first kappa shape index (κ1) is 18.4. The minimum Gasteiger partial charge on any atom is -0.318 e. The molecule has 0 N–H and O–H groups in total. The molecule has 3 heteroatoms. The highest BCUT2D eigenvalue weighted by Crippen LogP contribution is 2.25. The Morgan fingerprint density at radius 2 is 1.65 bits per heavy atom. The lowest BCUT2D eigenvalue weighted by Gasteiger charge is -2.11. The standard InChI is InChI=1S/C23H22BrNO/c1-15-5-8-19(9-6-15)23(26)12-10-20-13-17(3)25(18(20)4)21-11-7-16(2)22(24)14-21/h5-14H,1-4H3/b12-10+. The smallest absolute Gasteiger partial charge is 0.185 e. The minimum absolute atomic E-state index is 0.0212. The summed E-state index contributed by atoms with van der Waals surface area (Å²) in [6, 6.07) is 16.1. The summed E-state index contributed by atoms with van der Waals surface area (Å²) in [5, 5.41) is 0. The second-order valence-electron chi connectivity index (χ2n) is 6.66. The van der Waals surface area contributed by atoms with Crippen molar-refractivity contribution in [2.45, 2.75) is 27.7 Å². The zero-order chi connectivity index (χ0) is 18.8. The molecule has 0 spiro atoms. The van der Waals surface area contributed by atoms with Crippen LogP contribution in [0.4, 0.5) is 0 Å². The van der Waals surface area contributed by atoms with E-state index in [2.05, 4.69) is 65.5 Å². The van der Waals surface area contributed by atoms with E-state index in [-0.39, 0.29) is 5.78 Å². The lowest BCUT2D eigenvalue weighted by molar-refractivity contribution is 0.104. The first-order valence-corrected chi connectivity index (χ1v) is 9.40. The molecule has 2 aromatic carbocycles. The lowest BCUT2D eigenvalue weighted by Crippen LogP contribution is -1.99. The molecule has 3 rings (SSSR count). The van der Waals surface area contributed by atoms with Gasteiger partial charge in [0.25, 0.3) is 0 Å². The van der Waals surface area contributed by atoms with Gasteiger partial charge < -0.3 is 4.57 Å². The molecule has 1 heterocycles. The third-order valence-corrected chi connectivity index (χ3v) is 5.49. The third kappa shape index (κ3) is 3.73. The van der Waals surface area contributed by atoms with E-state index >= 15 is 0 Å². The molecule has 0 aliphatic heterocycles. The van der Waals surface area contributed by atoms with E-state index in [1.165, 1.54) is 5.56 Å². The highest BCUT2D eigenvalue weighted by molar-refractivity contribution is 9.10. The summed E-state index contributed by atoms with van der Waals surface area (Å²) < 4.78 is 3.30. The second-order valence-corrected chi connectivity index (χ2v) is 7.51.